The van der Waals surface area contributed by atoms with Crippen molar-refractivity contribution in [2.75, 3.05) is 0 Å². The van der Waals surface area contributed by atoms with Gasteiger partial charge in [-0.25, -0.2) is 0 Å². The fourth-order valence-electron chi connectivity index (χ4n) is 6.49. The summed E-state index contributed by atoms with van der Waals surface area (Å²) in [5, 5.41) is 35.7. The fourth-order valence-corrected chi connectivity index (χ4v) is 6.49. The molecule has 1 aliphatic carbocycles. The molecule has 0 aromatic heterocycles. The zero-order chi connectivity index (χ0) is 24.9. The second kappa shape index (κ2) is 6.83. The first-order chi connectivity index (χ1) is 18.1. The van der Waals surface area contributed by atoms with Crippen molar-refractivity contribution >= 4 is 21.5 Å². The van der Waals surface area contributed by atoms with E-state index in [9.17, 15) is 15.3 Å². The van der Waals surface area contributed by atoms with Crippen molar-refractivity contribution < 1.29 is 20.1 Å². The summed E-state index contributed by atoms with van der Waals surface area (Å²) in [5.74, 6) is 2.08. The van der Waals surface area contributed by atoms with E-state index in [1.807, 2.05) is 48.5 Å². The monoisotopic (exact) mass is 480 g/mol. The highest BCUT2D eigenvalue weighted by molar-refractivity contribution is 6.03. The molecule has 0 bridgehead atoms. The molecule has 1 heterocycles. The Kier molecular flexibility index (Phi) is 3.74. The standard InChI is InChI=1S/C33H20O4/c34-20-10-12-22-18(15-20)9-14-28(36)30(22)33(26-7-3-1-5-24(26)25-6-2-4-8-27(25)33)31-23-13-11-21(35)16-19(23)17-29-32(31)37-29/h1-17,34-36H. The van der Waals surface area contributed by atoms with Gasteiger partial charge in [-0.2, -0.15) is 0 Å². The van der Waals surface area contributed by atoms with Gasteiger partial charge in [0.05, 0.1) is 5.41 Å². The highest BCUT2D eigenvalue weighted by Crippen LogP contribution is 2.66. The SMILES string of the molecule is Oc1ccc2c(C3(c4c5c(cc6cc(O)ccc46)O5)c4ccccc4-c4ccccc43)c(O)ccc2c1. The van der Waals surface area contributed by atoms with Crippen LogP contribution in [-0.2, 0) is 5.41 Å². The number of hydrogen-bond acceptors (Lipinski definition) is 4. The van der Waals surface area contributed by atoms with E-state index >= 15 is 0 Å². The van der Waals surface area contributed by atoms with Crippen molar-refractivity contribution in [3.8, 4) is 39.9 Å². The van der Waals surface area contributed by atoms with Crippen molar-refractivity contribution in [1.29, 1.82) is 0 Å². The van der Waals surface area contributed by atoms with Gasteiger partial charge in [0.15, 0.2) is 11.5 Å². The van der Waals surface area contributed by atoms with Crippen LogP contribution in [0, 0.1) is 0 Å². The summed E-state index contributed by atoms with van der Waals surface area (Å²) in [7, 11) is 0. The first-order valence-electron chi connectivity index (χ1n) is 12.2. The zero-order valence-corrected chi connectivity index (χ0v) is 19.6. The highest BCUT2D eigenvalue weighted by atomic mass is 16.6. The minimum absolute atomic E-state index is 0.162. The van der Waals surface area contributed by atoms with E-state index in [1.54, 1.807) is 30.3 Å². The van der Waals surface area contributed by atoms with Gasteiger partial charge in [-0.15, -0.1) is 0 Å². The second-order valence-electron chi connectivity index (χ2n) is 9.79. The molecule has 0 spiro atoms. The van der Waals surface area contributed by atoms with Crippen molar-refractivity contribution in [1.82, 2.24) is 0 Å². The Morgan fingerprint density at radius 2 is 1.14 bits per heavy atom. The Labute approximate surface area is 212 Å². The number of hydrogen-bond donors (Lipinski definition) is 3. The maximum atomic E-state index is 11.7. The van der Waals surface area contributed by atoms with Gasteiger partial charge in [0.25, 0.3) is 0 Å². The van der Waals surface area contributed by atoms with Crippen LogP contribution in [0.1, 0.15) is 22.3 Å². The second-order valence-corrected chi connectivity index (χ2v) is 9.79. The third-order valence-corrected chi connectivity index (χ3v) is 7.90. The number of benzene rings is 6. The van der Waals surface area contributed by atoms with Crippen LogP contribution in [0.2, 0.25) is 0 Å². The molecule has 2 aliphatic rings. The van der Waals surface area contributed by atoms with E-state index in [-0.39, 0.29) is 17.2 Å². The van der Waals surface area contributed by atoms with Crippen LogP contribution in [0.15, 0.2) is 103 Å². The molecule has 6 aromatic carbocycles. The van der Waals surface area contributed by atoms with E-state index in [0.717, 1.165) is 66.4 Å². The molecular formula is C33H20O4. The van der Waals surface area contributed by atoms with Crippen LogP contribution in [-0.4, -0.2) is 15.3 Å². The third kappa shape index (κ3) is 2.51. The van der Waals surface area contributed by atoms with Gasteiger partial charge >= 0.3 is 0 Å². The number of ether oxygens (including phenoxy) is 1. The molecule has 1 aliphatic heterocycles. The smallest absolute Gasteiger partial charge is 0.175 e. The van der Waals surface area contributed by atoms with Gasteiger partial charge in [-0.3, -0.25) is 0 Å². The number of fused-ring (bicyclic) bond motifs is 6. The molecule has 0 unspecified atom stereocenters. The molecule has 0 fully saturated rings. The predicted molar refractivity (Wildman–Crippen MR) is 144 cm³/mol. The van der Waals surface area contributed by atoms with Gasteiger partial charge < -0.3 is 20.1 Å². The maximum Gasteiger partial charge on any atom is 0.175 e. The average Bonchev–Trinajstić information content (AvgIpc) is 3.62. The van der Waals surface area contributed by atoms with Crippen molar-refractivity contribution in [3.05, 3.63) is 125 Å². The van der Waals surface area contributed by atoms with Crippen LogP contribution in [0.25, 0.3) is 32.7 Å². The van der Waals surface area contributed by atoms with Gasteiger partial charge in [-0.1, -0.05) is 66.7 Å². The molecule has 0 radical (unpaired) electrons. The molecule has 4 nitrogen and oxygen atoms in total. The highest BCUT2D eigenvalue weighted by Gasteiger charge is 2.52. The summed E-state index contributed by atoms with van der Waals surface area (Å²) in [6.45, 7) is 0. The number of aromatic hydroxyl groups is 3. The summed E-state index contributed by atoms with van der Waals surface area (Å²) < 4.78 is 6.11. The van der Waals surface area contributed by atoms with E-state index < -0.39 is 5.41 Å². The van der Waals surface area contributed by atoms with Crippen molar-refractivity contribution in [2.24, 2.45) is 0 Å². The molecule has 6 aromatic rings. The molecular weight excluding hydrogens is 460 g/mol. The molecule has 0 amide bonds. The third-order valence-electron chi connectivity index (χ3n) is 7.90. The fraction of sp³-hybridized carbons (Fsp3) is 0.0303. The lowest BCUT2D eigenvalue weighted by Gasteiger charge is -2.35. The lowest BCUT2D eigenvalue weighted by Crippen LogP contribution is -2.29. The van der Waals surface area contributed by atoms with Crippen LogP contribution in [0.5, 0.6) is 28.7 Å². The molecule has 4 heteroatoms. The Bertz CT molecular complexity index is 1880. The maximum absolute atomic E-state index is 11.7. The minimum Gasteiger partial charge on any atom is -0.508 e. The van der Waals surface area contributed by atoms with E-state index in [0.29, 0.717) is 0 Å². The first kappa shape index (κ1) is 20.3. The number of phenolic OH excluding ortho intramolecular Hbond substituents is 3. The summed E-state index contributed by atoms with van der Waals surface area (Å²) in [4.78, 5) is 0. The molecule has 37 heavy (non-hydrogen) atoms. The predicted octanol–water partition coefficient (Wildman–Crippen LogP) is 7.58. The Hall–Kier alpha value is -4.96. The lowest BCUT2D eigenvalue weighted by molar-refractivity contribution is 0.462. The molecule has 0 saturated heterocycles. The quantitative estimate of drug-likeness (QED) is 0.223. The largest absolute Gasteiger partial charge is 0.508 e. The topological polar surface area (TPSA) is 73.2 Å². The Morgan fingerprint density at radius 3 is 1.81 bits per heavy atom. The van der Waals surface area contributed by atoms with E-state index in [1.165, 1.54) is 0 Å². The normalized spacial score (nSPS) is 14.2. The molecule has 0 atom stereocenters. The van der Waals surface area contributed by atoms with Gasteiger partial charge in [0.2, 0.25) is 0 Å². The van der Waals surface area contributed by atoms with Gasteiger partial charge in [-0.05, 0) is 80.2 Å². The Morgan fingerprint density at radius 1 is 0.541 bits per heavy atom. The Balaban J connectivity index is 1.66. The zero-order valence-electron chi connectivity index (χ0n) is 19.6. The summed E-state index contributed by atoms with van der Waals surface area (Å²) in [5.41, 5.74) is 5.05. The van der Waals surface area contributed by atoms with Crippen molar-refractivity contribution in [2.45, 2.75) is 5.41 Å². The van der Waals surface area contributed by atoms with E-state index in [4.69, 9.17) is 4.74 Å². The van der Waals surface area contributed by atoms with Crippen LogP contribution < -0.4 is 4.74 Å². The molecule has 8 rings (SSSR count). The van der Waals surface area contributed by atoms with E-state index in [2.05, 4.69) is 24.3 Å². The number of rotatable bonds is 2. The van der Waals surface area contributed by atoms with Crippen molar-refractivity contribution in [3.63, 3.8) is 0 Å². The molecule has 176 valence electrons. The molecule has 3 N–H and O–H groups in total. The summed E-state index contributed by atoms with van der Waals surface area (Å²) in [6.07, 6.45) is 0. The van der Waals surface area contributed by atoms with Crippen LogP contribution in [0.3, 0.4) is 0 Å². The summed E-state index contributed by atoms with van der Waals surface area (Å²) >= 11 is 0. The van der Waals surface area contributed by atoms with Gasteiger partial charge in [0, 0.05) is 11.1 Å². The summed E-state index contributed by atoms with van der Waals surface area (Å²) in [6, 6.07) is 32.8. The van der Waals surface area contributed by atoms with Crippen LogP contribution in [0.4, 0.5) is 0 Å². The minimum atomic E-state index is -0.912. The molecule has 0 saturated carbocycles. The van der Waals surface area contributed by atoms with Crippen LogP contribution >= 0.6 is 0 Å². The average molecular weight is 481 g/mol. The first-order valence-corrected chi connectivity index (χ1v) is 12.2. The van der Waals surface area contributed by atoms with Gasteiger partial charge in [0.1, 0.15) is 17.2 Å². The number of phenols is 3. The lowest BCUT2D eigenvalue weighted by atomic mass is 9.65.